The highest BCUT2D eigenvalue weighted by atomic mass is 16.5. The Morgan fingerprint density at radius 3 is 2.95 bits per heavy atom. The van der Waals surface area contributed by atoms with Crippen LogP contribution in [0.5, 0.6) is 0 Å². The average Bonchev–Trinajstić information content (AvgIpc) is 2.99. The van der Waals surface area contributed by atoms with Crippen LogP contribution in [0.1, 0.15) is 31.2 Å². The number of imidazole rings is 1. The Bertz CT molecular complexity index is 612. The molecule has 0 aliphatic carbocycles. The van der Waals surface area contributed by atoms with Gasteiger partial charge >= 0.3 is 0 Å². The highest BCUT2D eigenvalue weighted by molar-refractivity contribution is 5.59. The molecule has 1 atom stereocenters. The molecule has 0 spiro atoms. The topological polar surface area (TPSA) is 41.8 Å². The summed E-state index contributed by atoms with van der Waals surface area (Å²) in [4.78, 5) is 7.04. The van der Waals surface area contributed by atoms with E-state index in [1.165, 1.54) is 18.5 Å². The van der Waals surface area contributed by atoms with Crippen molar-refractivity contribution in [1.29, 1.82) is 0 Å². The van der Waals surface area contributed by atoms with Crippen LogP contribution < -0.4 is 10.2 Å². The Morgan fingerprint density at radius 2 is 2.14 bits per heavy atom. The zero-order chi connectivity index (χ0) is 14.1. The minimum absolute atomic E-state index is 0.159. The summed E-state index contributed by atoms with van der Waals surface area (Å²) < 4.78 is 8.06. The van der Waals surface area contributed by atoms with Crippen molar-refractivity contribution < 1.29 is 4.74 Å². The third kappa shape index (κ3) is 2.51. The normalized spacial score (nSPS) is 23.6. The first kappa shape index (κ1) is 13.1. The number of fused-ring (bicyclic) bond motifs is 1. The number of piperazine rings is 1. The number of nitrogens with one attached hydrogen (secondary N) is 1. The van der Waals surface area contributed by atoms with Crippen molar-refractivity contribution in [1.82, 2.24) is 14.7 Å². The van der Waals surface area contributed by atoms with E-state index in [4.69, 9.17) is 4.74 Å². The fraction of sp³-hybridized carbons (Fsp3) is 0.562. The Kier molecular flexibility index (Phi) is 3.53. The molecule has 0 aromatic carbocycles. The molecule has 1 unspecified atom stereocenters. The Morgan fingerprint density at radius 1 is 1.24 bits per heavy atom. The summed E-state index contributed by atoms with van der Waals surface area (Å²) in [6.07, 6.45) is 7.77. The molecule has 112 valence electrons. The lowest BCUT2D eigenvalue weighted by Crippen LogP contribution is -2.43. The van der Waals surface area contributed by atoms with Crippen LogP contribution in [-0.4, -0.2) is 42.2 Å². The highest BCUT2D eigenvalue weighted by Crippen LogP contribution is 2.28. The van der Waals surface area contributed by atoms with E-state index in [1.54, 1.807) is 0 Å². The van der Waals surface area contributed by atoms with Crippen LogP contribution in [0.2, 0.25) is 0 Å². The van der Waals surface area contributed by atoms with Gasteiger partial charge < -0.3 is 19.4 Å². The maximum absolute atomic E-state index is 5.87. The monoisotopic (exact) mass is 286 g/mol. The molecule has 0 amide bonds. The van der Waals surface area contributed by atoms with Gasteiger partial charge in [-0.25, -0.2) is 4.98 Å². The number of anilines is 1. The van der Waals surface area contributed by atoms with Crippen molar-refractivity contribution in [3.8, 4) is 0 Å². The number of hydrogen-bond acceptors (Lipinski definition) is 4. The summed E-state index contributed by atoms with van der Waals surface area (Å²) >= 11 is 0. The van der Waals surface area contributed by atoms with E-state index in [1.807, 2.05) is 6.20 Å². The number of pyridine rings is 1. The molecule has 5 heteroatoms. The number of nitrogens with zero attached hydrogens (tertiary/aromatic N) is 3. The van der Waals surface area contributed by atoms with Gasteiger partial charge in [-0.1, -0.05) is 0 Å². The highest BCUT2D eigenvalue weighted by Gasteiger charge is 2.21. The molecule has 2 aromatic rings. The lowest BCUT2D eigenvalue weighted by atomic mass is 10.1. The first-order valence-corrected chi connectivity index (χ1v) is 7.96. The molecular weight excluding hydrogens is 264 g/mol. The summed E-state index contributed by atoms with van der Waals surface area (Å²) in [6, 6.07) is 4.44. The van der Waals surface area contributed by atoms with Gasteiger partial charge in [0.05, 0.1) is 11.7 Å². The van der Waals surface area contributed by atoms with Crippen LogP contribution in [0, 0.1) is 0 Å². The van der Waals surface area contributed by atoms with Gasteiger partial charge in [0.25, 0.3) is 0 Å². The third-order valence-electron chi connectivity index (χ3n) is 4.49. The lowest BCUT2D eigenvalue weighted by Gasteiger charge is -2.29. The largest absolute Gasteiger partial charge is 0.370 e. The predicted octanol–water partition coefficient (Wildman–Crippen LogP) is 1.99. The molecule has 2 saturated heterocycles. The lowest BCUT2D eigenvalue weighted by molar-refractivity contribution is 0.00916. The smallest absolute Gasteiger partial charge is 0.142 e. The van der Waals surface area contributed by atoms with Gasteiger partial charge in [-0.15, -0.1) is 0 Å². The molecule has 2 aliphatic rings. The van der Waals surface area contributed by atoms with Crippen LogP contribution >= 0.6 is 0 Å². The molecule has 2 fully saturated rings. The van der Waals surface area contributed by atoms with E-state index >= 15 is 0 Å². The number of hydrogen-bond donors (Lipinski definition) is 1. The molecule has 21 heavy (non-hydrogen) atoms. The van der Waals surface area contributed by atoms with Gasteiger partial charge in [-0.05, 0) is 31.4 Å². The van der Waals surface area contributed by atoms with Crippen molar-refractivity contribution in [2.24, 2.45) is 0 Å². The first-order chi connectivity index (χ1) is 10.4. The second kappa shape index (κ2) is 5.66. The van der Waals surface area contributed by atoms with Crippen molar-refractivity contribution in [2.45, 2.75) is 25.4 Å². The fourth-order valence-electron chi connectivity index (χ4n) is 3.31. The van der Waals surface area contributed by atoms with Crippen LogP contribution in [0.3, 0.4) is 0 Å². The summed E-state index contributed by atoms with van der Waals surface area (Å²) in [5, 5.41) is 3.39. The molecule has 5 nitrogen and oxygen atoms in total. The van der Waals surface area contributed by atoms with Gasteiger partial charge in [0.1, 0.15) is 11.9 Å². The van der Waals surface area contributed by atoms with Gasteiger partial charge in [-0.2, -0.15) is 0 Å². The van der Waals surface area contributed by atoms with Crippen molar-refractivity contribution in [2.75, 3.05) is 37.7 Å². The van der Waals surface area contributed by atoms with Gasteiger partial charge in [0.15, 0.2) is 0 Å². The van der Waals surface area contributed by atoms with Crippen LogP contribution in [0.4, 0.5) is 5.69 Å². The van der Waals surface area contributed by atoms with E-state index in [0.717, 1.165) is 50.5 Å². The number of ether oxygens (including phenoxy) is 1. The predicted molar refractivity (Wildman–Crippen MR) is 82.8 cm³/mol. The Balaban J connectivity index is 1.63. The molecule has 2 aliphatic heterocycles. The molecule has 4 heterocycles. The molecule has 0 radical (unpaired) electrons. The summed E-state index contributed by atoms with van der Waals surface area (Å²) in [7, 11) is 0. The second-order valence-corrected chi connectivity index (χ2v) is 5.89. The molecule has 2 aromatic heterocycles. The van der Waals surface area contributed by atoms with Gasteiger partial charge in [0.2, 0.25) is 0 Å². The third-order valence-corrected chi connectivity index (χ3v) is 4.49. The Labute approximate surface area is 124 Å². The molecule has 1 N–H and O–H groups in total. The summed E-state index contributed by atoms with van der Waals surface area (Å²) in [5.74, 6) is 1.05. The van der Waals surface area contributed by atoms with Crippen molar-refractivity contribution >= 4 is 11.2 Å². The van der Waals surface area contributed by atoms with Crippen LogP contribution in [-0.2, 0) is 4.74 Å². The first-order valence-electron chi connectivity index (χ1n) is 7.96. The van der Waals surface area contributed by atoms with E-state index in [-0.39, 0.29) is 6.10 Å². The maximum Gasteiger partial charge on any atom is 0.142 e. The SMILES string of the molecule is c1cn2c(C3CCCCO3)ncc2cc1N1CCNCC1. The standard InChI is InChI=1S/C16H22N4O/c1-2-10-21-15(3-1)16-18-12-14-11-13(4-7-20(14)16)19-8-5-17-6-9-19/h4,7,11-12,15,17H,1-3,5-6,8-10H2. The zero-order valence-corrected chi connectivity index (χ0v) is 12.3. The van der Waals surface area contributed by atoms with E-state index < -0.39 is 0 Å². The minimum atomic E-state index is 0.159. The Hall–Kier alpha value is -1.59. The zero-order valence-electron chi connectivity index (χ0n) is 12.3. The van der Waals surface area contributed by atoms with Crippen LogP contribution in [0.25, 0.3) is 5.52 Å². The average molecular weight is 286 g/mol. The van der Waals surface area contributed by atoms with E-state index in [0.29, 0.717) is 0 Å². The fourth-order valence-corrected chi connectivity index (χ4v) is 3.31. The van der Waals surface area contributed by atoms with E-state index in [2.05, 4.69) is 37.9 Å². The number of aromatic nitrogens is 2. The summed E-state index contributed by atoms with van der Waals surface area (Å²) in [5.41, 5.74) is 2.45. The summed E-state index contributed by atoms with van der Waals surface area (Å²) in [6.45, 7) is 5.13. The van der Waals surface area contributed by atoms with Crippen LogP contribution in [0.15, 0.2) is 24.5 Å². The van der Waals surface area contributed by atoms with Crippen molar-refractivity contribution in [3.63, 3.8) is 0 Å². The second-order valence-electron chi connectivity index (χ2n) is 5.89. The molecular formula is C16H22N4O. The maximum atomic E-state index is 5.87. The molecule has 0 saturated carbocycles. The van der Waals surface area contributed by atoms with E-state index in [9.17, 15) is 0 Å². The van der Waals surface area contributed by atoms with Gasteiger partial charge in [0, 0.05) is 44.7 Å². The van der Waals surface area contributed by atoms with Gasteiger partial charge in [-0.3, -0.25) is 0 Å². The molecule has 0 bridgehead atoms. The minimum Gasteiger partial charge on any atom is -0.370 e. The number of rotatable bonds is 2. The van der Waals surface area contributed by atoms with Crippen molar-refractivity contribution in [3.05, 3.63) is 30.4 Å². The molecule has 4 rings (SSSR count). The quantitative estimate of drug-likeness (QED) is 0.916.